The monoisotopic (exact) mass is 434 g/mol. The highest BCUT2D eigenvalue weighted by Crippen LogP contribution is 2.36. The first-order valence-electron chi connectivity index (χ1n) is 11.0. The first-order valence-corrected chi connectivity index (χ1v) is 11.0. The summed E-state index contributed by atoms with van der Waals surface area (Å²) in [5.41, 5.74) is 4.20. The fraction of sp³-hybridized carbons (Fsp3) is 0.308. The van der Waals surface area contributed by atoms with E-state index in [0.717, 1.165) is 36.1 Å². The Morgan fingerprint density at radius 2 is 2.00 bits per heavy atom. The summed E-state index contributed by atoms with van der Waals surface area (Å²) in [7, 11) is 0. The lowest BCUT2D eigenvalue weighted by Crippen LogP contribution is -2.31. The number of rotatable bonds is 3. The smallest absolute Gasteiger partial charge is 0.328 e. The number of hydrogen-bond donors (Lipinski definition) is 2. The van der Waals surface area contributed by atoms with E-state index in [1.165, 1.54) is 18.3 Å². The second-order valence-electron chi connectivity index (χ2n) is 8.04. The van der Waals surface area contributed by atoms with Crippen molar-refractivity contribution in [3.05, 3.63) is 77.9 Å². The molecule has 0 amide bonds. The standard InChI is InChI=1S/C26H27FN2O3/c1-2-32-26(31)25-9-4-3-8-21(23-13-11-20(30)16-28-23)17-6-5-7-18(14-17)22-15-19(27)10-12-24(22)29-25/h5-7,10-16,21,25,29-30H,2-4,8-9H2,1H3. The number of fused-ring (bicyclic) bond motifs is 4. The predicted octanol–water partition coefficient (Wildman–Crippen LogP) is 5.64. The van der Waals surface area contributed by atoms with Gasteiger partial charge in [-0.25, -0.2) is 9.18 Å². The van der Waals surface area contributed by atoms with E-state index in [-0.39, 0.29) is 23.5 Å². The van der Waals surface area contributed by atoms with Crippen LogP contribution in [0.2, 0.25) is 0 Å². The molecule has 0 aliphatic carbocycles. The fourth-order valence-corrected chi connectivity index (χ4v) is 4.27. The number of anilines is 1. The molecule has 1 aliphatic heterocycles. The van der Waals surface area contributed by atoms with Gasteiger partial charge in [0, 0.05) is 22.9 Å². The van der Waals surface area contributed by atoms with Gasteiger partial charge in [0.25, 0.3) is 0 Å². The van der Waals surface area contributed by atoms with E-state index >= 15 is 0 Å². The Kier molecular flexibility index (Phi) is 6.69. The number of hydrogen-bond acceptors (Lipinski definition) is 5. The second-order valence-corrected chi connectivity index (χ2v) is 8.04. The minimum absolute atomic E-state index is 0.0287. The fourth-order valence-electron chi connectivity index (χ4n) is 4.27. The number of carbonyl (C=O) groups excluding carboxylic acids is 1. The van der Waals surface area contributed by atoms with Crippen molar-refractivity contribution < 1.29 is 19.0 Å². The molecule has 5 nitrogen and oxygen atoms in total. The second kappa shape index (κ2) is 9.81. The number of carbonyl (C=O) groups is 1. The van der Waals surface area contributed by atoms with Gasteiger partial charge in [-0.05, 0) is 61.2 Å². The molecular weight excluding hydrogens is 407 g/mol. The van der Waals surface area contributed by atoms with Crippen LogP contribution in [0.5, 0.6) is 5.75 Å². The van der Waals surface area contributed by atoms with Gasteiger partial charge in [0.2, 0.25) is 0 Å². The number of nitrogens with one attached hydrogen (secondary N) is 1. The molecule has 0 radical (unpaired) electrons. The van der Waals surface area contributed by atoms with Crippen LogP contribution >= 0.6 is 0 Å². The van der Waals surface area contributed by atoms with Crippen LogP contribution in [0, 0.1) is 5.82 Å². The summed E-state index contributed by atoms with van der Waals surface area (Å²) in [6.45, 7) is 2.10. The lowest BCUT2D eigenvalue weighted by Gasteiger charge is -2.23. The van der Waals surface area contributed by atoms with Crippen LogP contribution in [0.1, 0.15) is 49.8 Å². The first kappa shape index (κ1) is 21.8. The van der Waals surface area contributed by atoms with Gasteiger partial charge in [0.1, 0.15) is 17.6 Å². The zero-order valence-electron chi connectivity index (χ0n) is 18.1. The molecular formula is C26H27FN2O3. The first-order chi connectivity index (χ1) is 15.5. The Balaban J connectivity index is 1.79. The van der Waals surface area contributed by atoms with Crippen molar-refractivity contribution in [3.63, 3.8) is 0 Å². The third kappa shape index (κ3) is 4.90. The highest BCUT2D eigenvalue weighted by Gasteiger charge is 2.23. The molecule has 32 heavy (non-hydrogen) atoms. The average molecular weight is 435 g/mol. The van der Waals surface area contributed by atoms with Gasteiger partial charge in [-0.2, -0.15) is 0 Å². The Bertz CT molecular complexity index is 1080. The summed E-state index contributed by atoms with van der Waals surface area (Å²) < 4.78 is 19.5. The predicted molar refractivity (Wildman–Crippen MR) is 122 cm³/mol. The van der Waals surface area contributed by atoms with Crippen molar-refractivity contribution in [1.29, 1.82) is 0 Å². The number of nitrogens with zero attached hydrogens (tertiary/aromatic N) is 1. The zero-order chi connectivity index (χ0) is 22.5. The van der Waals surface area contributed by atoms with E-state index in [2.05, 4.69) is 22.4 Å². The third-order valence-corrected chi connectivity index (χ3v) is 5.85. The van der Waals surface area contributed by atoms with Crippen molar-refractivity contribution in [1.82, 2.24) is 4.98 Å². The third-order valence-electron chi connectivity index (χ3n) is 5.85. The van der Waals surface area contributed by atoms with Crippen molar-refractivity contribution >= 4 is 11.7 Å². The minimum atomic E-state index is -0.507. The van der Waals surface area contributed by atoms with Gasteiger partial charge in [-0.15, -0.1) is 0 Å². The van der Waals surface area contributed by atoms with E-state index in [1.807, 2.05) is 18.2 Å². The molecule has 0 saturated heterocycles. The average Bonchev–Trinajstić information content (AvgIpc) is 2.79. The lowest BCUT2D eigenvalue weighted by molar-refractivity contribution is -0.144. The van der Waals surface area contributed by atoms with E-state index in [9.17, 15) is 14.3 Å². The van der Waals surface area contributed by atoms with Crippen molar-refractivity contribution in [3.8, 4) is 16.9 Å². The van der Waals surface area contributed by atoms with Crippen LogP contribution < -0.4 is 5.32 Å². The highest BCUT2D eigenvalue weighted by molar-refractivity contribution is 5.84. The van der Waals surface area contributed by atoms with Gasteiger partial charge in [-0.3, -0.25) is 4.98 Å². The Labute approximate surface area is 187 Å². The molecule has 2 heterocycles. The summed E-state index contributed by atoms with van der Waals surface area (Å²) in [5, 5.41) is 13.0. The van der Waals surface area contributed by atoms with Crippen LogP contribution in [0.25, 0.3) is 11.1 Å². The van der Waals surface area contributed by atoms with E-state index in [4.69, 9.17) is 4.74 Å². The highest BCUT2D eigenvalue weighted by atomic mass is 19.1. The maximum absolute atomic E-state index is 14.2. The summed E-state index contributed by atoms with van der Waals surface area (Å²) in [5.74, 6) is -0.484. The Hall–Kier alpha value is -3.41. The number of benzene rings is 2. The summed E-state index contributed by atoms with van der Waals surface area (Å²) in [6, 6.07) is 15.6. The van der Waals surface area contributed by atoms with Gasteiger partial charge >= 0.3 is 5.97 Å². The van der Waals surface area contributed by atoms with Gasteiger partial charge in [0.15, 0.2) is 0 Å². The van der Waals surface area contributed by atoms with Gasteiger partial charge < -0.3 is 15.2 Å². The SMILES string of the molecule is CCOC(=O)C1CCCCC(c2ccc(O)cn2)c2cccc(c2)-c2cc(F)ccc2N1. The molecule has 1 aliphatic rings. The van der Waals surface area contributed by atoms with E-state index < -0.39 is 6.04 Å². The van der Waals surface area contributed by atoms with Crippen molar-refractivity contribution in [2.24, 2.45) is 0 Å². The number of aromatic nitrogens is 1. The molecule has 3 aromatic rings. The molecule has 2 bridgehead atoms. The Morgan fingerprint density at radius 3 is 2.78 bits per heavy atom. The molecule has 1 aromatic heterocycles. The quantitative estimate of drug-likeness (QED) is 0.522. The largest absolute Gasteiger partial charge is 0.506 e. The number of ether oxygens (including phenoxy) is 1. The number of pyridine rings is 1. The normalized spacial score (nSPS) is 18.4. The molecule has 6 heteroatoms. The zero-order valence-corrected chi connectivity index (χ0v) is 18.1. The number of halogens is 1. The molecule has 166 valence electrons. The van der Waals surface area contributed by atoms with Crippen LogP contribution in [0.4, 0.5) is 10.1 Å². The van der Waals surface area contributed by atoms with E-state index in [1.54, 1.807) is 19.1 Å². The maximum Gasteiger partial charge on any atom is 0.328 e. The van der Waals surface area contributed by atoms with Crippen LogP contribution in [-0.4, -0.2) is 28.7 Å². The molecule has 4 rings (SSSR count). The topological polar surface area (TPSA) is 71.5 Å². The summed E-state index contributed by atoms with van der Waals surface area (Å²) in [4.78, 5) is 17.0. The molecule has 2 atom stereocenters. The molecule has 2 N–H and O–H groups in total. The molecule has 2 aromatic carbocycles. The number of esters is 1. The minimum Gasteiger partial charge on any atom is -0.506 e. The van der Waals surface area contributed by atoms with Crippen molar-refractivity contribution in [2.75, 3.05) is 11.9 Å². The number of aromatic hydroxyl groups is 1. The van der Waals surface area contributed by atoms with Gasteiger partial charge in [-0.1, -0.05) is 37.1 Å². The summed E-state index contributed by atoms with van der Waals surface area (Å²) >= 11 is 0. The molecule has 0 spiro atoms. The summed E-state index contributed by atoms with van der Waals surface area (Å²) in [6.07, 6.45) is 4.62. The van der Waals surface area contributed by atoms with E-state index in [0.29, 0.717) is 24.3 Å². The molecule has 2 unspecified atom stereocenters. The lowest BCUT2D eigenvalue weighted by atomic mass is 9.87. The van der Waals surface area contributed by atoms with Gasteiger partial charge in [0.05, 0.1) is 12.8 Å². The van der Waals surface area contributed by atoms with Crippen LogP contribution in [0.15, 0.2) is 60.8 Å². The maximum atomic E-state index is 14.2. The van der Waals surface area contributed by atoms with Crippen LogP contribution in [0.3, 0.4) is 0 Å². The van der Waals surface area contributed by atoms with Crippen LogP contribution in [-0.2, 0) is 9.53 Å². The molecule has 0 saturated carbocycles. The van der Waals surface area contributed by atoms with Crippen molar-refractivity contribution in [2.45, 2.75) is 44.6 Å². The Morgan fingerprint density at radius 1 is 1.16 bits per heavy atom. The molecule has 0 fully saturated rings.